The van der Waals surface area contributed by atoms with Gasteiger partial charge in [0.1, 0.15) is 5.69 Å². The van der Waals surface area contributed by atoms with Crippen LogP contribution in [0.2, 0.25) is 0 Å². The van der Waals surface area contributed by atoms with Crippen molar-refractivity contribution in [2.75, 3.05) is 0 Å². The zero-order chi connectivity index (χ0) is 26.2. The maximum Gasteiger partial charge on any atom is 0.226 e. The fourth-order valence-electron chi connectivity index (χ4n) is 4.44. The molecule has 0 saturated heterocycles. The molecule has 1 amide bonds. The molecule has 1 aromatic carbocycles. The van der Waals surface area contributed by atoms with Gasteiger partial charge >= 0.3 is 0 Å². The second-order valence-corrected chi connectivity index (χ2v) is 10.8. The number of carbonyl (C=O) groups excluding carboxylic acids is 1. The van der Waals surface area contributed by atoms with Crippen molar-refractivity contribution in [1.82, 2.24) is 25.5 Å². The third kappa shape index (κ3) is 4.66. The molecule has 0 aliphatic heterocycles. The summed E-state index contributed by atoms with van der Waals surface area (Å²) in [7, 11) is 0. The van der Waals surface area contributed by atoms with Crippen molar-refractivity contribution in [3.8, 4) is 21.8 Å². The Hall–Kier alpha value is -4.43. The van der Waals surface area contributed by atoms with Crippen LogP contribution in [0.25, 0.3) is 49.2 Å². The third-order valence-electron chi connectivity index (χ3n) is 6.66. The summed E-state index contributed by atoms with van der Waals surface area (Å²) in [5.74, 6) is -0.133. The molecule has 0 unspecified atom stereocenters. The monoisotopic (exact) mass is 520 g/mol. The Balaban J connectivity index is 1.40. The van der Waals surface area contributed by atoms with Crippen molar-refractivity contribution < 1.29 is 4.79 Å². The number of thiophene rings is 1. The molecule has 4 heterocycles. The molecule has 7 nitrogen and oxygen atoms in total. The first kappa shape index (κ1) is 23.9. The molecule has 0 spiro atoms. The molecule has 4 aromatic heterocycles. The lowest BCUT2D eigenvalue weighted by molar-refractivity contribution is -0.123. The van der Waals surface area contributed by atoms with Gasteiger partial charge in [-0.2, -0.15) is 5.10 Å². The summed E-state index contributed by atoms with van der Waals surface area (Å²) in [4.78, 5) is 21.5. The Bertz CT molecular complexity index is 1740. The predicted octanol–water partition coefficient (Wildman–Crippen LogP) is 6.51. The molecule has 1 fully saturated rings. The molecule has 8 heteroatoms. The van der Waals surface area contributed by atoms with E-state index in [1.165, 1.54) is 10.5 Å². The zero-order valence-electron chi connectivity index (χ0n) is 21.2. The molecule has 5 aromatic rings. The molecule has 1 aliphatic carbocycles. The molecule has 1 saturated carbocycles. The maximum atomic E-state index is 12.4. The number of rotatable bonds is 7. The van der Waals surface area contributed by atoms with Crippen molar-refractivity contribution in [2.24, 2.45) is 11.7 Å². The highest BCUT2D eigenvalue weighted by Crippen LogP contribution is 2.36. The number of carbonyl (C=O) groups is 1. The lowest BCUT2D eigenvalue weighted by atomic mass is 10.0. The Kier molecular flexibility index (Phi) is 6.17. The van der Waals surface area contributed by atoms with Crippen LogP contribution in [0.3, 0.4) is 0 Å². The molecule has 0 radical (unpaired) electrons. The van der Waals surface area contributed by atoms with E-state index in [-0.39, 0.29) is 11.8 Å². The number of allylic oxidation sites excluding steroid dienone is 4. The van der Waals surface area contributed by atoms with E-state index < -0.39 is 0 Å². The van der Waals surface area contributed by atoms with Gasteiger partial charge in [0, 0.05) is 45.2 Å². The summed E-state index contributed by atoms with van der Waals surface area (Å²) in [5.41, 5.74) is 14.6. The number of aromatic amines is 2. The van der Waals surface area contributed by atoms with E-state index in [0.717, 1.165) is 68.4 Å². The minimum absolute atomic E-state index is 0.0205. The van der Waals surface area contributed by atoms with Gasteiger partial charge in [0.2, 0.25) is 5.91 Å². The number of fused-ring (bicyclic) bond motifs is 2. The minimum Gasteiger partial charge on any atom is -0.404 e. The third-order valence-corrected chi connectivity index (χ3v) is 7.57. The summed E-state index contributed by atoms with van der Waals surface area (Å²) in [6.45, 7) is 3.77. The van der Waals surface area contributed by atoms with E-state index in [4.69, 9.17) is 5.73 Å². The first-order valence-corrected chi connectivity index (χ1v) is 13.5. The lowest BCUT2D eigenvalue weighted by Crippen LogP contribution is -2.26. The topological polar surface area (TPSA) is 112 Å². The Labute approximate surface area is 224 Å². The van der Waals surface area contributed by atoms with Crippen LogP contribution in [0.1, 0.15) is 32.3 Å². The second-order valence-electron chi connectivity index (χ2n) is 9.81. The number of H-pyrrole nitrogens is 2. The average molecular weight is 521 g/mol. The van der Waals surface area contributed by atoms with Gasteiger partial charge in [0.25, 0.3) is 0 Å². The molecule has 38 heavy (non-hydrogen) atoms. The van der Waals surface area contributed by atoms with Gasteiger partial charge in [-0.3, -0.25) is 14.9 Å². The maximum absolute atomic E-state index is 12.4. The fraction of sp³-hybridized carbons (Fsp3) is 0.167. The number of pyridine rings is 1. The van der Waals surface area contributed by atoms with Gasteiger partial charge in [0.05, 0.1) is 22.9 Å². The number of benzene rings is 1. The highest BCUT2D eigenvalue weighted by atomic mass is 32.1. The van der Waals surface area contributed by atoms with Crippen molar-refractivity contribution in [3.63, 3.8) is 0 Å². The van der Waals surface area contributed by atoms with Crippen LogP contribution in [-0.2, 0) is 4.79 Å². The Morgan fingerprint density at radius 1 is 1.13 bits per heavy atom. The van der Waals surface area contributed by atoms with Crippen molar-refractivity contribution in [2.45, 2.75) is 26.7 Å². The smallest absolute Gasteiger partial charge is 0.226 e. The molecule has 5 N–H and O–H groups in total. The van der Waals surface area contributed by atoms with Crippen molar-refractivity contribution in [1.29, 1.82) is 0 Å². The van der Waals surface area contributed by atoms with Crippen LogP contribution in [-0.4, -0.2) is 26.1 Å². The fourth-order valence-corrected chi connectivity index (χ4v) is 5.19. The van der Waals surface area contributed by atoms with Crippen LogP contribution >= 0.6 is 11.3 Å². The number of nitrogens with zero attached hydrogens (tertiary/aromatic N) is 2. The number of hydrogen-bond acceptors (Lipinski definition) is 5. The average Bonchev–Trinajstić information content (AvgIpc) is 3.30. The Morgan fingerprint density at radius 3 is 2.74 bits per heavy atom. The van der Waals surface area contributed by atoms with Crippen molar-refractivity contribution >= 4 is 44.6 Å². The van der Waals surface area contributed by atoms with Crippen LogP contribution in [0.5, 0.6) is 0 Å². The summed E-state index contributed by atoms with van der Waals surface area (Å²) >= 11 is 1.70. The highest BCUT2D eigenvalue weighted by molar-refractivity contribution is 7.13. The van der Waals surface area contributed by atoms with Gasteiger partial charge in [0.15, 0.2) is 0 Å². The molecule has 1 aliphatic rings. The van der Waals surface area contributed by atoms with Crippen LogP contribution in [0, 0.1) is 5.92 Å². The Morgan fingerprint density at radius 2 is 2.00 bits per heavy atom. The number of hydrogen-bond donors (Lipinski definition) is 4. The lowest BCUT2D eigenvalue weighted by Gasteiger charge is -2.10. The molecule has 0 atom stereocenters. The van der Waals surface area contributed by atoms with Crippen LogP contribution in [0.15, 0.2) is 83.8 Å². The number of amides is 1. The summed E-state index contributed by atoms with van der Waals surface area (Å²) in [6.07, 6.45) is 11.4. The van der Waals surface area contributed by atoms with E-state index in [1.54, 1.807) is 17.5 Å². The minimum atomic E-state index is -0.113. The molecule has 6 rings (SSSR count). The summed E-state index contributed by atoms with van der Waals surface area (Å²) < 4.78 is 0. The van der Waals surface area contributed by atoms with E-state index in [9.17, 15) is 4.79 Å². The molecular weight excluding hydrogens is 492 g/mol. The zero-order valence-corrected chi connectivity index (χ0v) is 22.0. The van der Waals surface area contributed by atoms with Crippen molar-refractivity contribution in [3.05, 3.63) is 89.4 Å². The SMILES string of the molecule is CC(C)C(=O)N/C(C=C1CC1)=C/C(=C\N)c1ccc2[nH]nc(-c3cc4c(-c5cccs5)cncc4[nH]3)c2c1. The number of nitrogens with two attached hydrogens (primary N) is 1. The molecule has 190 valence electrons. The normalized spacial score (nSPS) is 14.0. The van der Waals surface area contributed by atoms with Gasteiger partial charge in [-0.25, -0.2) is 0 Å². The molecule has 0 bridgehead atoms. The standard InChI is InChI=1S/C30H28N6OS/c1-17(2)30(37)33-21(10-18-5-6-18)11-20(14-31)19-7-8-25-23(12-19)29(36-35-25)26-13-22-24(28-4-3-9-38-28)15-32-16-27(22)34-26/h3-4,7-17,34H,5-6,31H2,1-2H3,(H,33,37)(H,35,36)/b20-14+,21-11+. The van der Waals surface area contributed by atoms with E-state index in [1.807, 2.05) is 50.5 Å². The quantitative estimate of drug-likeness (QED) is 0.183. The van der Waals surface area contributed by atoms with E-state index >= 15 is 0 Å². The van der Waals surface area contributed by atoms with Gasteiger partial charge in [-0.1, -0.05) is 31.6 Å². The predicted molar refractivity (Wildman–Crippen MR) is 155 cm³/mol. The highest BCUT2D eigenvalue weighted by Gasteiger charge is 2.17. The van der Waals surface area contributed by atoms with Gasteiger partial charge < -0.3 is 16.0 Å². The summed E-state index contributed by atoms with van der Waals surface area (Å²) in [6, 6.07) is 12.4. The van der Waals surface area contributed by atoms with E-state index in [2.05, 4.69) is 55.1 Å². The first-order chi connectivity index (χ1) is 18.5. The number of aromatic nitrogens is 4. The van der Waals surface area contributed by atoms with Gasteiger partial charge in [-0.15, -0.1) is 11.3 Å². The largest absolute Gasteiger partial charge is 0.404 e. The summed E-state index contributed by atoms with van der Waals surface area (Å²) in [5, 5.41) is 15.0. The number of nitrogens with one attached hydrogen (secondary N) is 3. The molecular formula is C30H28N6OS. The first-order valence-electron chi connectivity index (χ1n) is 12.6. The van der Waals surface area contributed by atoms with Crippen LogP contribution in [0.4, 0.5) is 0 Å². The van der Waals surface area contributed by atoms with Crippen LogP contribution < -0.4 is 11.1 Å². The van der Waals surface area contributed by atoms with Gasteiger partial charge in [-0.05, 0) is 65.8 Å². The van der Waals surface area contributed by atoms with E-state index in [0.29, 0.717) is 0 Å². The second kappa shape index (κ2) is 9.79.